The van der Waals surface area contributed by atoms with E-state index in [1.54, 1.807) is 25.3 Å². The molecule has 2 N–H and O–H groups in total. The number of nitrogens with one attached hydrogen (secondary N) is 2. The topological polar surface area (TPSA) is 67.4 Å². The van der Waals surface area contributed by atoms with Gasteiger partial charge in [0.1, 0.15) is 10.8 Å². The lowest BCUT2D eigenvalue weighted by Crippen LogP contribution is -2.18. The zero-order valence-corrected chi connectivity index (χ0v) is 17.0. The van der Waals surface area contributed by atoms with E-state index >= 15 is 0 Å². The number of carbonyl (C=O) groups is 2. The van der Waals surface area contributed by atoms with Gasteiger partial charge < -0.3 is 15.4 Å². The van der Waals surface area contributed by atoms with E-state index in [-0.39, 0.29) is 11.8 Å². The van der Waals surface area contributed by atoms with Crippen molar-refractivity contribution in [3.05, 3.63) is 62.7 Å². The van der Waals surface area contributed by atoms with Gasteiger partial charge >= 0.3 is 0 Å². The molecule has 0 atom stereocenters. The van der Waals surface area contributed by atoms with Crippen LogP contribution in [0.1, 0.15) is 43.3 Å². The maximum absolute atomic E-state index is 13.2. The van der Waals surface area contributed by atoms with Crippen LogP contribution in [0.15, 0.2) is 41.8 Å². The highest BCUT2D eigenvalue weighted by Crippen LogP contribution is 2.39. The SMILES string of the molecule is COc1ccccc1NC(=O)c1c(NC(=O)c2cccs2)sc2c1CCCC2. The van der Waals surface area contributed by atoms with Gasteiger partial charge in [-0.25, -0.2) is 0 Å². The third kappa shape index (κ3) is 3.68. The zero-order valence-electron chi connectivity index (χ0n) is 15.4. The van der Waals surface area contributed by atoms with Crippen LogP contribution in [0.3, 0.4) is 0 Å². The molecule has 0 aliphatic heterocycles. The first-order valence-electron chi connectivity index (χ1n) is 9.11. The molecule has 28 heavy (non-hydrogen) atoms. The summed E-state index contributed by atoms with van der Waals surface area (Å²) in [5.41, 5.74) is 2.25. The number of aryl methyl sites for hydroxylation is 1. The quantitative estimate of drug-likeness (QED) is 0.605. The summed E-state index contributed by atoms with van der Waals surface area (Å²) < 4.78 is 5.34. The number of benzene rings is 1. The summed E-state index contributed by atoms with van der Waals surface area (Å²) in [5, 5.41) is 8.41. The van der Waals surface area contributed by atoms with E-state index in [1.165, 1.54) is 27.6 Å². The monoisotopic (exact) mass is 412 g/mol. The fourth-order valence-electron chi connectivity index (χ4n) is 3.40. The number of methoxy groups -OCH3 is 1. The van der Waals surface area contributed by atoms with Crippen LogP contribution in [0.2, 0.25) is 0 Å². The van der Waals surface area contributed by atoms with Crippen molar-refractivity contribution in [2.75, 3.05) is 17.7 Å². The number of carbonyl (C=O) groups excluding carboxylic acids is 2. The molecule has 0 fully saturated rings. The van der Waals surface area contributed by atoms with Crippen LogP contribution in [0.4, 0.5) is 10.7 Å². The lowest BCUT2D eigenvalue weighted by molar-refractivity contribution is 0.102. The molecule has 1 aromatic carbocycles. The molecule has 0 saturated heterocycles. The van der Waals surface area contributed by atoms with Crippen molar-refractivity contribution in [2.24, 2.45) is 0 Å². The molecule has 2 heterocycles. The van der Waals surface area contributed by atoms with Gasteiger partial charge in [-0.3, -0.25) is 9.59 Å². The predicted octanol–water partition coefficient (Wildman–Crippen LogP) is 5.20. The van der Waals surface area contributed by atoms with Crippen LogP contribution >= 0.6 is 22.7 Å². The second-order valence-electron chi connectivity index (χ2n) is 6.50. The molecule has 144 valence electrons. The molecule has 2 aromatic heterocycles. The maximum atomic E-state index is 13.2. The molecule has 1 aliphatic rings. The Labute approximate surface area is 171 Å². The van der Waals surface area contributed by atoms with E-state index < -0.39 is 0 Å². The highest BCUT2D eigenvalue weighted by Gasteiger charge is 2.27. The van der Waals surface area contributed by atoms with Gasteiger partial charge in [-0.05, 0) is 54.8 Å². The second-order valence-corrected chi connectivity index (χ2v) is 8.55. The molecule has 1 aliphatic carbocycles. The summed E-state index contributed by atoms with van der Waals surface area (Å²) in [5.74, 6) is 0.203. The second kappa shape index (κ2) is 8.16. The van der Waals surface area contributed by atoms with Crippen molar-refractivity contribution in [3.8, 4) is 5.75 Å². The van der Waals surface area contributed by atoms with Crippen LogP contribution in [-0.2, 0) is 12.8 Å². The summed E-state index contributed by atoms with van der Waals surface area (Å²) in [4.78, 5) is 27.6. The Morgan fingerprint density at radius 1 is 1.00 bits per heavy atom. The minimum absolute atomic E-state index is 0.181. The van der Waals surface area contributed by atoms with Crippen LogP contribution in [0.25, 0.3) is 0 Å². The highest BCUT2D eigenvalue weighted by atomic mass is 32.1. The Kier molecular flexibility index (Phi) is 5.45. The summed E-state index contributed by atoms with van der Waals surface area (Å²) in [6.07, 6.45) is 3.97. The number of rotatable bonds is 5. The molecule has 4 rings (SSSR count). The van der Waals surface area contributed by atoms with Gasteiger partial charge in [0.15, 0.2) is 0 Å². The molecule has 0 saturated carbocycles. The van der Waals surface area contributed by atoms with E-state index in [4.69, 9.17) is 4.74 Å². The molecule has 7 heteroatoms. The molecule has 0 bridgehead atoms. The van der Waals surface area contributed by atoms with E-state index in [1.807, 2.05) is 23.6 Å². The first kappa shape index (κ1) is 18.7. The number of hydrogen-bond donors (Lipinski definition) is 2. The fourth-order valence-corrected chi connectivity index (χ4v) is 5.30. The highest BCUT2D eigenvalue weighted by molar-refractivity contribution is 7.17. The van der Waals surface area contributed by atoms with Crippen molar-refractivity contribution in [2.45, 2.75) is 25.7 Å². The first-order valence-corrected chi connectivity index (χ1v) is 10.8. The van der Waals surface area contributed by atoms with Gasteiger partial charge in [-0.1, -0.05) is 18.2 Å². The van der Waals surface area contributed by atoms with Crippen LogP contribution in [0.5, 0.6) is 5.75 Å². The Bertz CT molecular complexity index is 1010. The smallest absolute Gasteiger partial charge is 0.266 e. The van der Waals surface area contributed by atoms with Crippen molar-refractivity contribution < 1.29 is 14.3 Å². The van der Waals surface area contributed by atoms with E-state index in [0.29, 0.717) is 26.9 Å². The Balaban J connectivity index is 1.67. The predicted molar refractivity (Wildman–Crippen MR) is 114 cm³/mol. The number of anilines is 2. The minimum atomic E-state index is -0.217. The van der Waals surface area contributed by atoms with Crippen molar-refractivity contribution >= 4 is 45.2 Å². The lowest BCUT2D eigenvalue weighted by atomic mass is 9.95. The lowest BCUT2D eigenvalue weighted by Gasteiger charge is -2.14. The number of fused-ring (bicyclic) bond motifs is 1. The van der Waals surface area contributed by atoms with Gasteiger partial charge in [0.25, 0.3) is 11.8 Å². The number of amides is 2. The first-order chi connectivity index (χ1) is 13.7. The van der Waals surface area contributed by atoms with Gasteiger partial charge in [0.2, 0.25) is 0 Å². The normalized spacial score (nSPS) is 12.9. The number of hydrogen-bond acceptors (Lipinski definition) is 5. The van der Waals surface area contributed by atoms with Crippen LogP contribution in [-0.4, -0.2) is 18.9 Å². The molecule has 3 aromatic rings. The molecule has 0 unspecified atom stereocenters. The van der Waals surface area contributed by atoms with Crippen molar-refractivity contribution in [3.63, 3.8) is 0 Å². The molecule has 0 spiro atoms. The largest absolute Gasteiger partial charge is 0.495 e. The average molecular weight is 413 g/mol. The van der Waals surface area contributed by atoms with E-state index in [9.17, 15) is 9.59 Å². The molecule has 5 nitrogen and oxygen atoms in total. The van der Waals surface area contributed by atoms with E-state index in [2.05, 4.69) is 10.6 Å². The molecular formula is C21H20N2O3S2. The maximum Gasteiger partial charge on any atom is 0.266 e. The summed E-state index contributed by atoms with van der Waals surface area (Å²) in [6.45, 7) is 0. The summed E-state index contributed by atoms with van der Waals surface area (Å²) in [6, 6.07) is 10.9. The molecular weight excluding hydrogens is 392 g/mol. The van der Waals surface area contributed by atoms with Gasteiger partial charge in [-0.2, -0.15) is 0 Å². The Morgan fingerprint density at radius 2 is 1.82 bits per heavy atom. The minimum Gasteiger partial charge on any atom is -0.495 e. The third-order valence-electron chi connectivity index (χ3n) is 4.73. The van der Waals surface area contributed by atoms with Crippen LogP contribution in [0, 0.1) is 0 Å². The number of thiophene rings is 2. The average Bonchev–Trinajstić information content (AvgIpc) is 3.36. The van der Waals surface area contributed by atoms with Crippen molar-refractivity contribution in [1.29, 1.82) is 0 Å². The summed E-state index contributed by atoms with van der Waals surface area (Å²) in [7, 11) is 1.57. The van der Waals surface area contributed by atoms with Gasteiger partial charge in [0.05, 0.1) is 23.2 Å². The van der Waals surface area contributed by atoms with Crippen molar-refractivity contribution in [1.82, 2.24) is 0 Å². The van der Waals surface area contributed by atoms with Gasteiger partial charge in [-0.15, -0.1) is 22.7 Å². The number of ether oxygens (including phenoxy) is 1. The van der Waals surface area contributed by atoms with Crippen LogP contribution < -0.4 is 15.4 Å². The zero-order chi connectivity index (χ0) is 19.5. The molecule has 2 amide bonds. The molecule has 0 radical (unpaired) electrons. The fraction of sp³-hybridized carbons (Fsp3) is 0.238. The summed E-state index contributed by atoms with van der Waals surface area (Å²) >= 11 is 2.90. The van der Waals surface area contributed by atoms with E-state index in [0.717, 1.165) is 31.2 Å². The third-order valence-corrected chi connectivity index (χ3v) is 6.80. The Morgan fingerprint density at radius 3 is 2.61 bits per heavy atom. The Hall–Kier alpha value is -2.64. The van der Waals surface area contributed by atoms with Gasteiger partial charge in [0, 0.05) is 4.88 Å². The number of para-hydroxylation sites is 2. The standard InChI is InChI=1S/C21H20N2O3S2/c1-26-15-9-4-3-8-14(15)22-20(25)18-13-7-2-5-10-16(13)28-21(18)23-19(24)17-11-6-12-27-17/h3-4,6,8-9,11-12H,2,5,7,10H2,1H3,(H,22,25)(H,23,24).